The van der Waals surface area contributed by atoms with Gasteiger partial charge in [-0.15, -0.1) is 0 Å². The molecule has 1 N–H and O–H groups in total. The van der Waals surface area contributed by atoms with Crippen LogP contribution < -0.4 is 5.32 Å². The van der Waals surface area contributed by atoms with Crippen LogP contribution in [0.15, 0.2) is 0 Å². The molecule has 0 fully saturated rings. The van der Waals surface area contributed by atoms with Crippen LogP contribution >= 0.6 is 0 Å². The van der Waals surface area contributed by atoms with Crippen molar-refractivity contribution in [2.45, 2.75) is 38.5 Å². The quantitative estimate of drug-likeness (QED) is 0.589. The number of halogens is 5. The summed E-state index contributed by atoms with van der Waals surface area (Å²) in [5, 5.41) is 1.51. The van der Waals surface area contributed by atoms with Crippen LogP contribution in [0.1, 0.15) is 20.3 Å². The minimum Gasteiger partial charge on any atom is -0.379 e. The van der Waals surface area contributed by atoms with E-state index in [1.54, 1.807) is 13.8 Å². The van der Waals surface area contributed by atoms with Gasteiger partial charge in [-0.25, -0.2) is 0 Å². The van der Waals surface area contributed by atoms with Crippen LogP contribution in [0.5, 0.6) is 0 Å². The van der Waals surface area contributed by atoms with Crippen LogP contribution in [0, 0.1) is 0 Å². The van der Waals surface area contributed by atoms with E-state index in [2.05, 4.69) is 0 Å². The molecule has 1 amide bonds. The molecule has 0 atom stereocenters. The first-order valence-corrected chi connectivity index (χ1v) is 4.93. The minimum absolute atomic E-state index is 0.0673. The van der Waals surface area contributed by atoms with Crippen LogP contribution in [0.4, 0.5) is 22.0 Å². The first-order chi connectivity index (χ1) is 7.59. The number of alkyl halides is 5. The Hall–Kier alpha value is -0.920. The van der Waals surface area contributed by atoms with Crippen LogP contribution in [0.2, 0.25) is 0 Å². The molecule has 0 rings (SSSR count). The Morgan fingerprint density at radius 1 is 1.24 bits per heavy atom. The Morgan fingerprint density at radius 3 is 2.18 bits per heavy atom. The Balaban J connectivity index is 3.95. The topological polar surface area (TPSA) is 38.3 Å². The number of rotatable bonds is 6. The molecule has 3 nitrogen and oxygen atoms in total. The zero-order valence-corrected chi connectivity index (χ0v) is 9.40. The monoisotopic (exact) mass is 263 g/mol. The highest BCUT2D eigenvalue weighted by Crippen LogP contribution is 2.35. The summed E-state index contributed by atoms with van der Waals surface area (Å²) in [5.74, 6) is -7.69. The molecule has 0 spiro atoms. The average Bonchev–Trinajstić information content (AvgIpc) is 2.14. The maximum absolute atomic E-state index is 12.4. The van der Waals surface area contributed by atoms with Gasteiger partial charge in [-0.1, -0.05) is 0 Å². The summed E-state index contributed by atoms with van der Waals surface area (Å²) in [6.07, 6.45) is -5.77. The van der Waals surface area contributed by atoms with Crippen molar-refractivity contribution in [1.82, 2.24) is 5.32 Å². The molecule has 0 saturated heterocycles. The fourth-order valence-corrected chi connectivity index (χ4v) is 0.833. The van der Waals surface area contributed by atoms with Gasteiger partial charge in [0.2, 0.25) is 0 Å². The Morgan fingerprint density at radius 2 is 1.76 bits per heavy atom. The molecule has 17 heavy (non-hydrogen) atoms. The molecule has 102 valence electrons. The molecule has 0 heterocycles. The van der Waals surface area contributed by atoms with Gasteiger partial charge in [0.25, 0.3) is 5.91 Å². The van der Waals surface area contributed by atoms with Gasteiger partial charge in [0.05, 0.1) is 6.10 Å². The molecule has 0 aromatic heterocycles. The molecule has 0 radical (unpaired) electrons. The molecule has 0 unspecified atom stereocenters. The predicted molar refractivity (Wildman–Crippen MR) is 49.7 cm³/mol. The van der Waals surface area contributed by atoms with Gasteiger partial charge < -0.3 is 10.1 Å². The summed E-state index contributed by atoms with van der Waals surface area (Å²) in [7, 11) is 0. The van der Waals surface area contributed by atoms with E-state index >= 15 is 0 Å². The lowest BCUT2D eigenvalue weighted by molar-refractivity contribution is -0.269. The molecule has 0 aliphatic carbocycles. The van der Waals surface area contributed by atoms with Crippen LogP contribution in [-0.4, -0.2) is 37.3 Å². The average molecular weight is 263 g/mol. The first-order valence-electron chi connectivity index (χ1n) is 4.93. The summed E-state index contributed by atoms with van der Waals surface area (Å²) in [5.41, 5.74) is 0. The highest BCUT2D eigenvalue weighted by Gasteiger charge is 2.63. The number of carbonyl (C=O) groups is 1. The Kier molecular flexibility index (Phi) is 5.80. The summed E-state index contributed by atoms with van der Waals surface area (Å²) in [6.45, 7) is 3.37. The van der Waals surface area contributed by atoms with E-state index in [0.717, 1.165) is 0 Å². The fraction of sp³-hybridized carbons (Fsp3) is 0.889. The highest BCUT2D eigenvalue weighted by molar-refractivity contribution is 5.84. The van der Waals surface area contributed by atoms with Crippen molar-refractivity contribution in [3.8, 4) is 0 Å². The summed E-state index contributed by atoms with van der Waals surface area (Å²) in [4.78, 5) is 10.6. The van der Waals surface area contributed by atoms with Crippen LogP contribution in [0.25, 0.3) is 0 Å². The molecule has 0 saturated carbocycles. The number of ether oxygens (including phenoxy) is 1. The minimum atomic E-state index is -5.87. The van der Waals surface area contributed by atoms with E-state index in [1.807, 2.05) is 0 Å². The lowest BCUT2D eigenvalue weighted by Crippen LogP contribution is -2.50. The number of nitrogens with one attached hydrogen (secondary N) is 1. The third-order valence-corrected chi connectivity index (χ3v) is 1.70. The first kappa shape index (κ1) is 16.1. The second-order valence-electron chi connectivity index (χ2n) is 3.60. The van der Waals surface area contributed by atoms with Gasteiger partial charge >= 0.3 is 12.1 Å². The largest absolute Gasteiger partial charge is 0.463 e. The van der Waals surface area contributed by atoms with Crippen LogP contribution in [0.3, 0.4) is 0 Å². The molecule has 8 heteroatoms. The number of amides is 1. The second-order valence-corrected chi connectivity index (χ2v) is 3.60. The van der Waals surface area contributed by atoms with Crippen molar-refractivity contribution in [2.75, 3.05) is 13.2 Å². The van der Waals surface area contributed by atoms with E-state index in [1.165, 1.54) is 5.32 Å². The SMILES string of the molecule is CC(C)OCCCNC(=O)C(F)(F)C(F)(F)F. The third-order valence-electron chi connectivity index (χ3n) is 1.70. The fourth-order valence-electron chi connectivity index (χ4n) is 0.833. The predicted octanol–water partition coefficient (Wildman–Crippen LogP) is 2.12. The van der Waals surface area contributed by atoms with Gasteiger partial charge in [0.1, 0.15) is 0 Å². The maximum Gasteiger partial charge on any atom is 0.463 e. The summed E-state index contributed by atoms with van der Waals surface area (Å²) < 4.78 is 65.0. The zero-order valence-electron chi connectivity index (χ0n) is 9.40. The van der Waals surface area contributed by atoms with Crippen LogP contribution in [-0.2, 0) is 9.53 Å². The molecular formula is C9H14F5NO2. The van der Waals surface area contributed by atoms with E-state index in [0.29, 0.717) is 0 Å². The highest BCUT2D eigenvalue weighted by atomic mass is 19.4. The van der Waals surface area contributed by atoms with Gasteiger partial charge in [-0.05, 0) is 20.3 Å². The van der Waals surface area contributed by atoms with E-state index < -0.39 is 18.0 Å². The Bertz CT molecular complexity index is 252. The smallest absolute Gasteiger partial charge is 0.379 e. The van der Waals surface area contributed by atoms with E-state index in [4.69, 9.17) is 4.74 Å². The van der Waals surface area contributed by atoms with Gasteiger partial charge in [-0.2, -0.15) is 22.0 Å². The number of carbonyl (C=O) groups excluding carboxylic acids is 1. The van der Waals surface area contributed by atoms with E-state index in [-0.39, 0.29) is 25.7 Å². The van der Waals surface area contributed by atoms with Crippen molar-refractivity contribution in [3.63, 3.8) is 0 Å². The van der Waals surface area contributed by atoms with Gasteiger partial charge in [0, 0.05) is 13.2 Å². The van der Waals surface area contributed by atoms with E-state index in [9.17, 15) is 26.7 Å². The molecular weight excluding hydrogens is 249 g/mol. The summed E-state index contributed by atoms with van der Waals surface area (Å²) in [6, 6.07) is 0. The normalized spacial score (nSPS) is 12.9. The second kappa shape index (κ2) is 6.13. The molecule has 0 aromatic carbocycles. The van der Waals surface area contributed by atoms with Crippen molar-refractivity contribution in [3.05, 3.63) is 0 Å². The third kappa shape index (κ3) is 5.29. The zero-order chi connectivity index (χ0) is 13.7. The lowest BCUT2D eigenvalue weighted by Gasteiger charge is -2.18. The number of hydrogen-bond donors (Lipinski definition) is 1. The van der Waals surface area contributed by atoms with Crippen molar-refractivity contribution in [1.29, 1.82) is 0 Å². The standard InChI is InChI=1S/C9H14F5NO2/c1-6(2)17-5-3-4-15-7(16)8(10,11)9(12,13)14/h6H,3-5H2,1-2H3,(H,15,16). The number of hydrogen-bond acceptors (Lipinski definition) is 2. The van der Waals surface area contributed by atoms with Crippen molar-refractivity contribution in [2.24, 2.45) is 0 Å². The summed E-state index contributed by atoms with van der Waals surface area (Å²) >= 11 is 0. The van der Waals surface area contributed by atoms with Crippen molar-refractivity contribution >= 4 is 5.91 Å². The Labute approximate surface area is 95.3 Å². The maximum atomic E-state index is 12.4. The van der Waals surface area contributed by atoms with Crippen molar-refractivity contribution < 1.29 is 31.5 Å². The molecule has 0 aliphatic rings. The lowest BCUT2D eigenvalue weighted by atomic mass is 10.3. The van der Waals surface area contributed by atoms with Gasteiger partial charge in [-0.3, -0.25) is 4.79 Å². The van der Waals surface area contributed by atoms with Gasteiger partial charge in [0.15, 0.2) is 0 Å². The molecule has 0 bridgehead atoms. The molecule has 0 aliphatic heterocycles. The molecule has 0 aromatic rings.